The van der Waals surface area contributed by atoms with Crippen molar-refractivity contribution >= 4 is 83.5 Å². The number of hydrogen-bond acceptors (Lipinski definition) is 30. The highest BCUT2D eigenvalue weighted by Gasteiger charge is 2.50. The van der Waals surface area contributed by atoms with Crippen molar-refractivity contribution < 1.29 is 78.8 Å². The van der Waals surface area contributed by atoms with Gasteiger partial charge < -0.3 is 53.5 Å². The van der Waals surface area contributed by atoms with Crippen molar-refractivity contribution in [3.05, 3.63) is 316 Å². The molecule has 34 nitrogen and oxygen atoms in total. The van der Waals surface area contributed by atoms with Crippen LogP contribution in [0.3, 0.4) is 0 Å². The number of aromatic hydroxyl groups is 1. The van der Waals surface area contributed by atoms with Crippen molar-refractivity contribution in [3.8, 4) is 11.5 Å². The number of fused-ring (bicyclic) bond motifs is 4. The fraction of sp³-hybridized carbons (Fsp3) is 0.207. The molecule has 10 heterocycles. The van der Waals surface area contributed by atoms with Gasteiger partial charge in [0.25, 0.3) is 5.56 Å². The van der Waals surface area contributed by atoms with E-state index >= 15 is 0 Å². The molecule has 0 spiro atoms. The molecule has 0 saturated heterocycles. The molecular formula is C82H75F3N16O18S. The van der Waals surface area contributed by atoms with Gasteiger partial charge >= 0.3 is 50.2 Å². The van der Waals surface area contributed by atoms with Crippen LogP contribution in [0.15, 0.2) is 221 Å². The molecule has 10 aromatic heterocycles. The highest BCUT2D eigenvalue weighted by atomic mass is 32.2. The Hall–Kier alpha value is -15.1. The molecule has 0 atom stereocenters. The number of hydrogen-bond donors (Lipinski definition) is 3. The maximum atomic E-state index is 13.5. The second-order valence-electron chi connectivity index (χ2n) is 25.4. The molecule has 618 valence electrons. The van der Waals surface area contributed by atoms with Crippen LogP contribution >= 0.6 is 0 Å². The van der Waals surface area contributed by atoms with Gasteiger partial charge in [0.1, 0.15) is 57.5 Å². The van der Waals surface area contributed by atoms with E-state index in [9.17, 15) is 60.3 Å². The number of esters is 3. The van der Waals surface area contributed by atoms with Crippen molar-refractivity contribution in [2.75, 3.05) is 30.5 Å². The number of pyridine rings is 6. The largest absolute Gasteiger partial charge is 0.534 e. The Balaban J connectivity index is 0.000000157. The number of anilines is 2. The van der Waals surface area contributed by atoms with Gasteiger partial charge in [-0.25, -0.2) is 54.3 Å². The van der Waals surface area contributed by atoms with Crippen LogP contribution in [0.5, 0.6) is 11.5 Å². The first-order valence-electron chi connectivity index (χ1n) is 36.6. The highest BCUT2D eigenvalue weighted by molar-refractivity contribution is 7.88. The lowest BCUT2D eigenvalue weighted by molar-refractivity contribution is -0.0500. The highest BCUT2D eigenvalue weighted by Crippen LogP contribution is 2.36. The van der Waals surface area contributed by atoms with Crippen LogP contribution in [-0.4, -0.2) is 126 Å². The molecule has 0 aliphatic rings. The summed E-state index contributed by atoms with van der Waals surface area (Å²) >= 11 is 0. The molecule has 0 saturated carbocycles. The quantitative estimate of drug-likeness (QED) is 0.0196. The number of carbonyl (C=O) groups is 3. The van der Waals surface area contributed by atoms with Crippen molar-refractivity contribution in [2.45, 2.75) is 93.5 Å². The third kappa shape index (κ3) is 20.2. The van der Waals surface area contributed by atoms with Crippen LogP contribution in [-0.2, 0) is 63.8 Å². The Morgan fingerprint density at radius 2 is 0.767 bits per heavy atom. The Kier molecular flexibility index (Phi) is 28.2. The molecule has 3 N–H and O–H groups in total. The average Bonchev–Trinajstić information content (AvgIpc) is 0.757. The number of ether oxygens (including phenoxy) is 3. The van der Waals surface area contributed by atoms with E-state index in [4.69, 9.17) is 33.6 Å². The van der Waals surface area contributed by atoms with E-state index < -0.39 is 83.9 Å². The summed E-state index contributed by atoms with van der Waals surface area (Å²) in [7, 11) is -6.27. The summed E-state index contributed by atoms with van der Waals surface area (Å²) in [6.45, 7) is 12.3. The lowest BCUT2D eigenvalue weighted by Crippen LogP contribution is -2.35. The SMILES string of the molecule is CCOC(=O)c1c(NCc2cccnc2)c2c(C)ncnc2n(OCc2ccccc2)c1=O.CCOC(=O)c1c(O)c2c(C)ncnc2n(OCc2ccccc2)c1=O.CCOC(=O)c1c(OS(=O)(=O)C(F)(F)F)c2c(C)ncnc2n(OCc2ccccc2)c1=O.Cc1ncnc2c1c(NCc1cccnc1)cc(=O)n2OCc1ccccc1. The summed E-state index contributed by atoms with van der Waals surface area (Å²) in [6, 6.07) is 45.8. The van der Waals surface area contributed by atoms with Crippen molar-refractivity contribution in [2.24, 2.45) is 0 Å². The molecule has 120 heavy (non-hydrogen) atoms. The molecule has 0 aliphatic heterocycles. The maximum Gasteiger partial charge on any atom is 0.534 e. The van der Waals surface area contributed by atoms with Gasteiger partial charge in [0.2, 0.25) is 0 Å². The van der Waals surface area contributed by atoms with Crippen molar-refractivity contribution in [1.29, 1.82) is 0 Å². The average molecular weight is 1660 g/mol. The van der Waals surface area contributed by atoms with Crippen LogP contribution in [0.25, 0.3) is 44.1 Å². The number of aryl methyl sites for hydroxylation is 4. The van der Waals surface area contributed by atoms with Gasteiger partial charge in [0.15, 0.2) is 45.0 Å². The van der Waals surface area contributed by atoms with Gasteiger partial charge in [-0.15, -0.1) is 18.9 Å². The standard InChI is InChI=1S/C24H23N5O4.C21H19N5O2.C19H16F3N3O7S.C18H17N3O5/c1-3-32-24(31)20-21(26-13-18-10-7-11-25-12-18)19-16(2)27-15-28-22(19)29(23(20)30)33-14-17-8-5-4-6-9-17;1-15-20-18(23-12-17-8-5-9-22-11-17)10-19(27)26(21(20)25-14-24-15)28-13-16-6-3-2-4-7-16;1-3-30-18(27)14-15(32-33(28,29)19(20,21)22)13-11(2)23-10-24-16(13)25(17(14)26)31-9-12-7-5-4-6-8-12;1-3-25-18(24)14-15(22)13-11(2)19-10-20-16(13)21(17(14)23)26-9-12-7-5-4-6-8-12/h4-12,15,26H,3,13-14H2,1-2H3;2-11,14,23H,12-13H2,1H3;4-8,10H,3,9H2,1-2H3;4-8,10,22H,3,9H2,1-2H3. The summed E-state index contributed by atoms with van der Waals surface area (Å²) in [5.41, 5.74) is -2.66. The minimum atomic E-state index is -6.27. The second-order valence-corrected chi connectivity index (χ2v) is 26.9. The molecule has 0 amide bonds. The van der Waals surface area contributed by atoms with Gasteiger partial charge in [0.05, 0.1) is 75.5 Å². The molecule has 0 unspecified atom stereocenters. The second kappa shape index (κ2) is 39.5. The summed E-state index contributed by atoms with van der Waals surface area (Å²) in [5, 5.41) is 17.9. The number of halogens is 3. The molecule has 0 aliphatic carbocycles. The van der Waals surface area contributed by atoms with Gasteiger partial charge in [-0.05, 0) is 94.0 Å². The molecule has 14 aromatic rings. The number of aromatic nitrogens is 14. The van der Waals surface area contributed by atoms with Crippen molar-refractivity contribution in [1.82, 2.24) is 68.8 Å². The van der Waals surface area contributed by atoms with Gasteiger partial charge in [0, 0.05) is 43.9 Å². The summed E-state index contributed by atoms with van der Waals surface area (Å²) < 4.78 is 85.3. The molecule has 38 heteroatoms. The van der Waals surface area contributed by atoms with E-state index in [1.807, 2.05) is 122 Å². The fourth-order valence-electron chi connectivity index (χ4n) is 11.7. The number of carbonyl (C=O) groups excluding carboxylic acids is 3. The van der Waals surface area contributed by atoms with Crippen LogP contribution in [0, 0.1) is 27.7 Å². The normalized spacial score (nSPS) is 11.1. The van der Waals surface area contributed by atoms with E-state index in [0.717, 1.165) is 54.7 Å². The van der Waals surface area contributed by atoms with Gasteiger partial charge in [-0.2, -0.15) is 21.6 Å². The Bertz CT molecular complexity index is 6390. The number of rotatable bonds is 26. The predicted octanol–water partition coefficient (Wildman–Crippen LogP) is 9.39. The van der Waals surface area contributed by atoms with Crippen LogP contribution in [0.2, 0.25) is 0 Å². The molecule has 4 aromatic carbocycles. The first-order chi connectivity index (χ1) is 57.8. The van der Waals surface area contributed by atoms with E-state index in [1.54, 1.807) is 82.8 Å². The lowest BCUT2D eigenvalue weighted by atomic mass is 10.1. The van der Waals surface area contributed by atoms with Crippen LogP contribution < -0.4 is 56.4 Å². The van der Waals surface area contributed by atoms with E-state index in [-0.39, 0.29) is 79.7 Å². The van der Waals surface area contributed by atoms with Gasteiger partial charge in [-0.3, -0.25) is 29.1 Å². The summed E-state index contributed by atoms with van der Waals surface area (Å²) in [5.74, 6) is -4.82. The Morgan fingerprint density at radius 1 is 0.425 bits per heavy atom. The monoisotopic (exact) mass is 1660 g/mol. The number of alkyl halides is 3. The molecule has 0 bridgehead atoms. The summed E-state index contributed by atoms with van der Waals surface area (Å²) in [6.07, 6.45) is 11.9. The third-order valence-corrected chi connectivity index (χ3v) is 18.3. The first-order valence-corrected chi connectivity index (χ1v) is 38.0. The molecular weight excluding hydrogens is 1590 g/mol. The minimum absolute atomic E-state index is 0.0604. The zero-order chi connectivity index (χ0) is 85.6. The Morgan fingerprint density at radius 3 is 1.18 bits per heavy atom. The van der Waals surface area contributed by atoms with E-state index in [1.165, 1.54) is 43.6 Å². The number of nitrogens with zero attached hydrogens (tertiary/aromatic N) is 14. The van der Waals surface area contributed by atoms with Crippen LogP contribution in [0.1, 0.15) is 108 Å². The zero-order valence-corrected chi connectivity index (χ0v) is 65.9. The fourth-order valence-corrected chi connectivity index (χ4v) is 12.2. The topological polar surface area (TPSA) is 420 Å². The lowest BCUT2D eigenvalue weighted by Gasteiger charge is -2.18. The van der Waals surface area contributed by atoms with E-state index in [0.29, 0.717) is 57.2 Å². The number of benzene rings is 4. The maximum absolute atomic E-state index is 13.5. The van der Waals surface area contributed by atoms with Crippen LogP contribution in [0.4, 0.5) is 24.5 Å². The molecule has 14 rings (SSSR count). The van der Waals surface area contributed by atoms with Gasteiger partial charge in [-0.1, -0.05) is 133 Å². The molecule has 0 radical (unpaired) electrons. The first kappa shape index (κ1) is 85.8. The minimum Gasteiger partial charge on any atom is -0.506 e. The zero-order valence-electron chi connectivity index (χ0n) is 65.1. The summed E-state index contributed by atoms with van der Waals surface area (Å²) in [4.78, 5) is 153. The predicted molar refractivity (Wildman–Crippen MR) is 429 cm³/mol. The third-order valence-electron chi connectivity index (χ3n) is 17.3. The van der Waals surface area contributed by atoms with E-state index in [2.05, 4.69) is 64.7 Å². The molecule has 0 fully saturated rings. The van der Waals surface area contributed by atoms with Crippen molar-refractivity contribution in [3.63, 3.8) is 0 Å². The Labute approximate surface area is 679 Å². The number of nitrogens with one attached hydrogen (secondary N) is 2. The smallest absolute Gasteiger partial charge is 0.506 e.